The Balaban J connectivity index is 2.05. The van der Waals surface area contributed by atoms with Gasteiger partial charge in [-0.3, -0.25) is 13.9 Å². The van der Waals surface area contributed by atoms with E-state index in [0.717, 1.165) is 28.7 Å². The summed E-state index contributed by atoms with van der Waals surface area (Å²) in [7, 11) is -4.10. The van der Waals surface area contributed by atoms with Gasteiger partial charge in [0.05, 0.1) is 10.6 Å². The molecule has 0 aromatic heterocycles. The number of amides is 2. The smallest absolute Gasteiger partial charge is 0.264 e. The average Bonchev–Trinajstić information content (AvgIpc) is 2.91. The van der Waals surface area contributed by atoms with Crippen molar-refractivity contribution in [2.45, 2.75) is 71.5 Å². The Morgan fingerprint density at radius 3 is 2.10 bits per heavy atom. The number of nitrogens with one attached hydrogen (secondary N) is 1. The van der Waals surface area contributed by atoms with E-state index in [4.69, 9.17) is 0 Å². The van der Waals surface area contributed by atoms with Crippen molar-refractivity contribution in [3.8, 4) is 0 Å². The average molecular weight is 550 g/mol. The monoisotopic (exact) mass is 549 g/mol. The second-order valence-electron chi connectivity index (χ2n) is 10.1. The number of aryl methyl sites for hydroxylation is 3. The summed E-state index contributed by atoms with van der Waals surface area (Å²) in [6.07, 6.45) is 0.750. The lowest BCUT2D eigenvalue weighted by molar-refractivity contribution is -0.139. The van der Waals surface area contributed by atoms with Crippen LogP contribution in [0, 0.1) is 20.8 Å². The van der Waals surface area contributed by atoms with Crippen molar-refractivity contribution in [2.24, 2.45) is 0 Å². The maximum Gasteiger partial charge on any atom is 0.264 e. The van der Waals surface area contributed by atoms with E-state index in [9.17, 15) is 18.0 Å². The second kappa shape index (κ2) is 12.9. The van der Waals surface area contributed by atoms with Crippen LogP contribution in [0.25, 0.3) is 0 Å². The molecule has 3 rings (SSSR count). The van der Waals surface area contributed by atoms with Gasteiger partial charge in [-0.1, -0.05) is 67.1 Å². The van der Waals surface area contributed by atoms with Gasteiger partial charge in [0.2, 0.25) is 11.8 Å². The number of benzene rings is 3. The fourth-order valence-electron chi connectivity index (χ4n) is 4.17. The van der Waals surface area contributed by atoms with E-state index in [2.05, 4.69) is 5.32 Å². The van der Waals surface area contributed by atoms with Gasteiger partial charge in [-0.15, -0.1) is 0 Å². The Hall–Kier alpha value is -3.65. The Labute approximate surface area is 232 Å². The molecule has 2 amide bonds. The van der Waals surface area contributed by atoms with Crippen molar-refractivity contribution >= 4 is 27.5 Å². The molecule has 0 saturated heterocycles. The van der Waals surface area contributed by atoms with Gasteiger partial charge in [0.1, 0.15) is 12.6 Å². The summed E-state index contributed by atoms with van der Waals surface area (Å²) < 4.78 is 29.1. The Morgan fingerprint density at radius 2 is 1.49 bits per heavy atom. The van der Waals surface area contributed by atoms with Crippen LogP contribution in [-0.4, -0.2) is 43.8 Å². The van der Waals surface area contributed by atoms with Gasteiger partial charge in [0.15, 0.2) is 0 Å². The molecule has 0 aliphatic rings. The maximum absolute atomic E-state index is 14.0. The van der Waals surface area contributed by atoms with Gasteiger partial charge in [0.25, 0.3) is 10.0 Å². The lowest BCUT2D eigenvalue weighted by Gasteiger charge is -2.33. The van der Waals surface area contributed by atoms with Crippen LogP contribution in [-0.2, 0) is 26.2 Å². The topological polar surface area (TPSA) is 86.8 Å². The Bertz CT molecular complexity index is 1390. The van der Waals surface area contributed by atoms with Crippen LogP contribution >= 0.6 is 0 Å². The van der Waals surface area contributed by atoms with E-state index in [0.29, 0.717) is 5.69 Å². The van der Waals surface area contributed by atoms with Crippen molar-refractivity contribution in [2.75, 3.05) is 10.8 Å². The summed E-state index contributed by atoms with van der Waals surface area (Å²) in [5, 5.41) is 2.95. The number of nitrogens with zero attached hydrogens (tertiary/aromatic N) is 2. The predicted molar refractivity (Wildman–Crippen MR) is 156 cm³/mol. The van der Waals surface area contributed by atoms with E-state index >= 15 is 0 Å². The van der Waals surface area contributed by atoms with Gasteiger partial charge in [-0.05, 0) is 75.9 Å². The van der Waals surface area contributed by atoms with Crippen LogP contribution in [0.5, 0.6) is 0 Å². The highest BCUT2D eigenvalue weighted by Crippen LogP contribution is 2.28. The van der Waals surface area contributed by atoms with Gasteiger partial charge in [-0.2, -0.15) is 0 Å². The molecule has 2 atom stereocenters. The van der Waals surface area contributed by atoms with Crippen LogP contribution < -0.4 is 9.62 Å². The molecule has 1 N–H and O–H groups in total. The highest BCUT2D eigenvalue weighted by Gasteiger charge is 2.33. The van der Waals surface area contributed by atoms with Gasteiger partial charge >= 0.3 is 0 Å². The first-order chi connectivity index (χ1) is 18.4. The van der Waals surface area contributed by atoms with Gasteiger partial charge in [0, 0.05) is 12.6 Å². The molecule has 0 aliphatic carbocycles. The molecule has 0 bridgehead atoms. The summed E-state index contributed by atoms with van der Waals surface area (Å²) in [6.45, 7) is 10.9. The molecule has 0 saturated carbocycles. The van der Waals surface area contributed by atoms with E-state index in [1.807, 2.05) is 77.1 Å². The number of hydrogen-bond donors (Lipinski definition) is 1. The van der Waals surface area contributed by atoms with Crippen molar-refractivity contribution in [3.63, 3.8) is 0 Å². The van der Waals surface area contributed by atoms with Crippen LogP contribution in [0.1, 0.15) is 49.4 Å². The molecule has 208 valence electrons. The quantitative estimate of drug-likeness (QED) is 0.359. The molecule has 3 aromatic carbocycles. The number of sulfonamides is 1. The second-order valence-corrected chi connectivity index (χ2v) is 12.0. The van der Waals surface area contributed by atoms with Crippen LogP contribution in [0.2, 0.25) is 0 Å². The molecule has 0 unspecified atom stereocenters. The van der Waals surface area contributed by atoms with E-state index in [-0.39, 0.29) is 23.4 Å². The SMILES string of the molecule is CC[C@H](C)NC(=O)[C@H](C)N(Cc1ccccc1)C(=O)CN(c1cc(C)ccc1C)S(=O)(=O)c1ccc(C)cc1. The fraction of sp³-hybridized carbons (Fsp3) is 0.355. The predicted octanol–water partition coefficient (Wildman–Crippen LogP) is 5.14. The van der Waals surface area contributed by atoms with Gasteiger partial charge in [-0.25, -0.2) is 8.42 Å². The highest BCUT2D eigenvalue weighted by atomic mass is 32.2. The summed E-state index contributed by atoms with van der Waals surface area (Å²) in [5.41, 5.74) is 3.79. The zero-order valence-corrected chi connectivity index (χ0v) is 24.5. The van der Waals surface area contributed by atoms with Crippen LogP contribution in [0.15, 0.2) is 77.7 Å². The minimum atomic E-state index is -4.10. The number of carbonyl (C=O) groups is 2. The molecule has 39 heavy (non-hydrogen) atoms. The van der Waals surface area contributed by atoms with E-state index in [1.165, 1.54) is 9.21 Å². The third-order valence-electron chi connectivity index (χ3n) is 6.89. The lowest BCUT2D eigenvalue weighted by atomic mass is 10.1. The zero-order valence-electron chi connectivity index (χ0n) is 23.6. The first kappa shape index (κ1) is 29.9. The third-order valence-corrected chi connectivity index (χ3v) is 8.66. The first-order valence-electron chi connectivity index (χ1n) is 13.2. The molecule has 0 aliphatic heterocycles. The molecule has 0 spiro atoms. The molecule has 0 fully saturated rings. The van der Waals surface area contributed by atoms with Crippen LogP contribution in [0.4, 0.5) is 5.69 Å². The fourth-order valence-corrected chi connectivity index (χ4v) is 5.64. The summed E-state index contributed by atoms with van der Waals surface area (Å²) in [5.74, 6) is -0.754. The largest absolute Gasteiger partial charge is 0.352 e. The first-order valence-corrected chi connectivity index (χ1v) is 14.7. The Morgan fingerprint density at radius 1 is 0.872 bits per heavy atom. The third kappa shape index (κ3) is 7.47. The van der Waals surface area contributed by atoms with Crippen molar-refractivity contribution in [1.82, 2.24) is 10.2 Å². The van der Waals surface area contributed by atoms with E-state index < -0.39 is 28.5 Å². The van der Waals surface area contributed by atoms with Gasteiger partial charge < -0.3 is 10.2 Å². The minimum absolute atomic E-state index is 0.0537. The molecule has 0 radical (unpaired) electrons. The van der Waals surface area contributed by atoms with Crippen molar-refractivity contribution < 1.29 is 18.0 Å². The number of hydrogen-bond acceptors (Lipinski definition) is 4. The summed E-state index contributed by atoms with van der Waals surface area (Å²) in [4.78, 5) is 28.7. The maximum atomic E-state index is 14.0. The molecule has 7 nitrogen and oxygen atoms in total. The minimum Gasteiger partial charge on any atom is -0.352 e. The molecule has 3 aromatic rings. The summed E-state index contributed by atoms with van der Waals surface area (Å²) in [6, 6.07) is 20.6. The number of anilines is 1. The van der Waals surface area contributed by atoms with Crippen LogP contribution in [0.3, 0.4) is 0 Å². The number of carbonyl (C=O) groups excluding carboxylic acids is 2. The zero-order chi connectivity index (χ0) is 28.7. The van der Waals surface area contributed by atoms with Crippen molar-refractivity contribution in [1.29, 1.82) is 0 Å². The summed E-state index contributed by atoms with van der Waals surface area (Å²) >= 11 is 0. The molecule has 0 heterocycles. The number of rotatable bonds is 11. The normalized spacial score (nSPS) is 12.9. The van der Waals surface area contributed by atoms with Crippen molar-refractivity contribution in [3.05, 3.63) is 95.1 Å². The molecular formula is C31H39N3O4S. The standard InChI is InChI=1S/C31H39N3O4S/c1-7-25(5)32-31(36)26(6)33(20-27-11-9-8-10-12-27)30(35)21-34(29-19-23(3)13-16-24(29)4)39(37,38)28-17-14-22(2)15-18-28/h8-19,25-26H,7,20-21H2,1-6H3,(H,32,36)/t25-,26-/m0/s1. The Kier molecular flexibility index (Phi) is 9.92. The lowest BCUT2D eigenvalue weighted by Crippen LogP contribution is -2.52. The molecular weight excluding hydrogens is 510 g/mol. The highest BCUT2D eigenvalue weighted by molar-refractivity contribution is 7.92. The van der Waals surface area contributed by atoms with E-state index in [1.54, 1.807) is 37.3 Å². The molecule has 8 heteroatoms.